The summed E-state index contributed by atoms with van der Waals surface area (Å²) in [5.74, 6) is 0. The van der Waals surface area contributed by atoms with E-state index >= 15 is 0 Å². The zero-order valence-electron chi connectivity index (χ0n) is 7.72. The Morgan fingerprint density at radius 2 is 2.09 bits per heavy atom. The van der Waals surface area contributed by atoms with Crippen LogP contribution in [-0.2, 0) is 9.47 Å². The summed E-state index contributed by atoms with van der Waals surface area (Å²) in [5.41, 5.74) is 5.35. The molecule has 0 radical (unpaired) electrons. The summed E-state index contributed by atoms with van der Waals surface area (Å²) in [5, 5.41) is 0. The molecule has 3 nitrogen and oxygen atoms in total. The van der Waals surface area contributed by atoms with Crippen molar-refractivity contribution in [2.24, 2.45) is 5.73 Å². The molecule has 0 saturated heterocycles. The number of hydrogen-bond acceptors (Lipinski definition) is 3. The molecule has 0 fully saturated rings. The van der Waals surface area contributed by atoms with Gasteiger partial charge in [0.15, 0.2) is 0 Å². The standard InChI is InChI=1S/C8H19NO2/c1-4-11-8(2,7-9)5-6-10-3/h4-7,9H2,1-3H3. The molecule has 0 amide bonds. The van der Waals surface area contributed by atoms with Gasteiger partial charge in [0, 0.05) is 33.3 Å². The van der Waals surface area contributed by atoms with E-state index in [0.717, 1.165) is 6.42 Å². The summed E-state index contributed by atoms with van der Waals surface area (Å²) in [6.45, 7) is 5.94. The van der Waals surface area contributed by atoms with Crippen LogP contribution in [0.15, 0.2) is 0 Å². The molecule has 2 N–H and O–H groups in total. The van der Waals surface area contributed by atoms with Crippen LogP contribution in [0.25, 0.3) is 0 Å². The lowest BCUT2D eigenvalue weighted by molar-refractivity contribution is -0.0371. The molecule has 0 aromatic heterocycles. The molecule has 3 heteroatoms. The summed E-state index contributed by atoms with van der Waals surface area (Å²) >= 11 is 0. The van der Waals surface area contributed by atoms with Gasteiger partial charge in [0.25, 0.3) is 0 Å². The number of hydrogen-bond donors (Lipinski definition) is 1. The topological polar surface area (TPSA) is 44.5 Å². The average molecular weight is 161 g/mol. The molecule has 0 bridgehead atoms. The van der Waals surface area contributed by atoms with Crippen LogP contribution in [-0.4, -0.2) is 32.5 Å². The molecule has 1 atom stereocenters. The highest BCUT2D eigenvalue weighted by atomic mass is 16.5. The fraction of sp³-hybridized carbons (Fsp3) is 1.00. The predicted octanol–water partition coefficient (Wildman–Crippen LogP) is 0.777. The smallest absolute Gasteiger partial charge is 0.0797 e. The molecule has 0 spiro atoms. The van der Waals surface area contributed by atoms with E-state index in [4.69, 9.17) is 15.2 Å². The van der Waals surface area contributed by atoms with Gasteiger partial charge in [-0.1, -0.05) is 0 Å². The van der Waals surface area contributed by atoms with E-state index in [1.807, 2.05) is 13.8 Å². The number of ether oxygens (including phenoxy) is 2. The summed E-state index contributed by atoms with van der Waals surface area (Å²) in [6, 6.07) is 0. The van der Waals surface area contributed by atoms with Crippen molar-refractivity contribution in [2.45, 2.75) is 25.9 Å². The second-order valence-electron chi connectivity index (χ2n) is 2.83. The minimum Gasteiger partial charge on any atom is -0.385 e. The maximum atomic E-state index is 5.55. The van der Waals surface area contributed by atoms with Gasteiger partial charge in [-0.2, -0.15) is 0 Å². The maximum Gasteiger partial charge on any atom is 0.0797 e. The summed E-state index contributed by atoms with van der Waals surface area (Å²) in [4.78, 5) is 0. The molecule has 0 aromatic carbocycles. The highest BCUT2D eigenvalue weighted by molar-refractivity contribution is 4.75. The normalized spacial score (nSPS) is 16.4. The van der Waals surface area contributed by atoms with Gasteiger partial charge < -0.3 is 15.2 Å². The highest BCUT2D eigenvalue weighted by Crippen LogP contribution is 2.13. The number of methoxy groups -OCH3 is 1. The van der Waals surface area contributed by atoms with E-state index in [1.54, 1.807) is 7.11 Å². The molecular formula is C8H19NO2. The summed E-state index contributed by atoms with van der Waals surface area (Å²) < 4.78 is 10.4. The maximum absolute atomic E-state index is 5.55. The Morgan fingerprint density at radius 3 is 2.45 bits per heavy atom. The lowest BCUT2D eigenvalue weighted by Crippen LogP contribution is -2.38. The van der Waals surface area contributed by atoms with Crippen LogP contribution >= 0.6 is 0 Å². The molecule has 0 aliphatic heterocycles. The van der Waals surface area contributed by atoms with E-state index < -0.39 is 0 Å². The van der Waals surface area contributed by atoms with Crippen molar-refractivity contribution in [3.05, 3.63) is 0 Å². The van der Waals surface area contributed by atoms with Crippen LogP contribution in [0.4, 0.5) is 0 Å². The van der Waals surface area contributed by atoms with Gasteiger partial charge in [0.05, 0.1) is 5.60 Å². The van der Waals surface area contributed by atoms with Crippen LogP contribution in [0.2, 0.25) is 0 Å². The lowest BCUT2D eigenvalue weighted by atomic mass is 10.0. The lowest BCUT2D eigenvalue weighted by Gasteiger charge is -2.27. The van der Waals surface area contributed by atoms with Crippen molar-refractivity contribution in [3.63, 3.8) is 0 Å². The first kappa shape index (κ1) is 10.9. The van der Waals surface area contributed by atoms with Crippen molar-refractivity contribution in [2.75, 3.05) is 26.9 Å². The second kappa shape index (κ2) is 5.52. The quantitative estimate of drug-likeness (QED) is 0.626. The van der Waals surface area contributed by atoms with Gasteiger partial charge in [-0.05, 0) is 13.8 Å². The van der Waals surface area contributed by atoms with Crippen molar-refractivity contribution in [1.29, 1.82) is 0 Å². The summed E-state index contributed by atoms with van der Waals surface area (Å²) in [6.07, 6.45) is 0.855. The molecular weight excluding hydrogens is 142 g/mol. The van der Waals surface area contributed by atoms with Crippen molar-refractivity contribution in [1.82, 2.24) is 0 Å². The SMILES string of the molecule is CCOC(C)(CN)CCOC. The van der Waals surface area contributed by atoms with Gasteiger partial charge in [0.1, 0.15) is 0 Å². The number of rotatable bonds is 6. The number of nitrogens with two attached hydrogens (primary N) is 1. The molecule has 0 aliphatic rings. The van der Waals surface area contributed by atoms with Gasteiger partial charge in [-0.25, -0.2) is 0 Å². The Bertz CT molecular complexity index is 98.1. The van der Waals surface area contributed by atoms with Gasteiger partial charge in [0.2, 0.25) is 0 Å². The fourth-order valence-corrected chi connectivity index (χ4v) is 0.900. The van der Waals surface area contributed by atoms with Crippen molar-refractivity contribution < 1.29 is 9.47 Å². The second-order valence-corrected chi connectivity index (χ2v) is 2.83. The molecule has 1 unspecified atom stereocenters. The molecule has 0 aromatic rings. The molecule has 11 heavy (non-hydrogen) atoms. The van der Waals surface area contributed by atoms with Crippen molar-refractivity contribution >= 4 is 0 Å². The Morgan fingerprint density at radius 1 is 1.45 bits per heavy atom. The third-order valence-corrected chi connectivity index (χ3v) is 1.76. The molecule has 0 rings (SSSR count). The first-order valence-corrected chi connectivity index (χ1v) is 4.01. The summed E-state index contributed by atoms with van der Waals surface area (Å²) in [7, 11) is 1.68. The Hall–Kier alpha value is -0.120. The molecule has 0 saturated carbocycles. The van der Waals surface area contributed by atoms with Crippen LogP contribution < -0.4 is 5.73 Å². The molecule has 0 heterocycles. The van der Waals surface area contributed by atoms with Gasteiger partial charge in [-0.3, -0.25) is 0 Å². The fourth-order valence-electron chi connectivity index (χ4n) is 0.900. The van der Waals surface area contributed by atoms with E-state index in [0.29, 0.717) is 19.8 Å². The zero-order valence-corrected chi connectivity index (χ0v) is 7.72. The van der Waals surface area contributed by atoms with Gasteiger partial charge >= 0.3 is 0 Å². The zero-order chi connectivity index (χ0) is 8.74. The Balaban J connectivity index is 3.68. The largest absolute Gasteiger partial charge is 0.385 e. The molecule has 0 aliphatic carbocycles. The van der Waals surface area contributed by atoms with Crippen LogP contribution in [0.1, 0.15) is 20.3 Å². The highest BCUT2D eigenvalue weighted by Gasteiger charge is 2.21. The van der Waals surface area contributed by atoms with E-state index in [9.17, 15) is 0 Å². The predicted molar refractivity (Wildman–Crippen MR) is 45.6 cm³/mol. The third kappa shape index (κ3) is 4.35. The van der Waals surface area contributed by atoms with E-state index in [2.05, 4.69) is 0 Å². The first-order valence-electron chi connectivity index (χ1n) is 4.01. The molecule has 68 valence electrons. The van der Waals surface area contributed by atoms with Crippen LogP contribution in [0.3, 0.4) is 0 Å². The Kier molecular flexibility index (Phi) is 5.46. The van der Waals surface area contributed by atoms with Crippen LogP contribution in [0, 0.1) is 0 Å². The third-order valence-electron chi connectivity index (χ3n) is 1.76. The monoisotopic (exact) mass is 161 g/mol. The Labute approximate surface area is 68.9 Å². The minimum absolute atomic E-state index is 0.204. The first-order chi connectivity index (χ1) is 5.18. The van der Waals surface area contributed by atoms with Crippen molar-refractivity contribution in [3.8, 4) is 0 Å². The van der Waals surface area contributed by atoms with Gasteiger partial charge in [-0.15, -0.1) is 0 Å². The van der Waals surface area contributed by atoms with E-state index in [-0.39, 0.29) is 5.60 Å². The minimum atomic E-state index is -0.204. The van der Waals surface area contributed by atoms with E-state index in [1.165, 1.54) is 0 Å². The average Bonchev–Trinajstić information content (AvgIpc) is 2.02. The van der Waals surface area contributed by atoms with Crippen LogP contribution in [0.5, 0.6) is 0 Å².